The normalized spacial score (nSPS) is 28.8. The number of carbonyl (C=O) groups is 1. The second-order valence-electron chi connectivity index (χ2n) is 14.1. The monoisotopic (exact) mass is 613 g/mol. The number of halogens is 1. The molecule has 42 heavy (non-hydrogen) atoms. The smallest absolute Gasteiger partial charge is 0.238 e. The number of hydrogen-bond donors (Lipinski definition) is 1. The minimum atomic E-state index is -3.49. The van der Waals surface area contributed by atoms with Crippen molar-refractivity contribution < 1.29 is 13.2 Å². The summed E-state index contributed by atoms with van der Waals surface area (Å²) >= 11 is 6.23. The number of fused-ring (bicyclic) bond motifs is 2. The molecule has 6 rings (SSSR count). The van der Waals surface area contributed by atoms with Crippen LogP contribution < -0.4 is 5.32 Å². The van der Waals surface area contributed by atoms with Crippen LogP contribution >= 0.6 is 11.6 Å². The largest absolute Gasteiger partial charge is 0.352 e. The highest BCUT2D eigenvalue weighted by atomic mass is 35.5. The second kappa shape index (κ2) is 12.6. The summed E-state index contributed by atoms with van der Waals surface area (Å²) in [6.07, 6.45) is 5.46. The van der Waals surface area contributed by atoms with Crippen LogP contribution in [0.1, 0.15) is 63.1 Å². The van der Waals surface area contributed by atoms with E-state index in [0.29, 0.717) is 35.5 Å². The zero-order chi connectivity index (χ0) is 30.2. The summed E-state index contributed by atoms with van der Waals surface area (Å²) in [6.45, 7) is 8.16. The van der Waals surface area contributed by atoms with Gasteiger partial charge in [-0.2, -0.15) is 4.31 Å². The highest BCUT2D eigenvalue weighted by molar-refractivity contribution is 7.89. The Kier molecular flexibility index (Phi) is 9.44. The van der Waals surface area contributed by atoms with Crippen LogP contribution in [-0.4, -0.2) is 62.0 Å². The van der Waals surface area contributed by atoms with Crippen molar-refractivity contribution in [2.24, 2.45) is 29.1 Å². The molecule has 2 aromatic rings. The third-order valence-electron chi connectivity index (χ3n) is 10.5. The SMILES string of the molecule is C[C@@H]1[C@@H](NC(=O)C2CCS(=O)(=O)N2Cc2cccc(CC[C@@H](Cc3cccc(Cl)c3)CN(C)C)c2)C[C@@H]2C[C@H]1C2(C)C. The van der Waals surface area contributed by atoms with Crippen LogP contribution in [0.15, 0.2) is 48.5 Å². The first-order valence-corrected chi connectivity index (χ1v) is 17.6. The lowest BCUT2D eigenvalue weighted by Crippen LogP contribution is -2.61. The summed E-state index contributed by atoms with van der Waals surface area (Å²) in [4.78, 5) is 15.7. The first kappa shape index (κ1) is 31.5. The fourth-order valence-electron chi connectivity index (χ4n) is 8.01. The van der Waals surface area contributed by atoms with E-state index < -0.39 is 16.1 Å². The molecule has 2 bridgehead atoms. The van der Waals surface area contributed by atoms with Gasteiger partial charge in [0, 0.05) is 24.2 Å². The van der Waals surface area contributed by atoms with Crippen LogP contribution in [0, 0.1) is 29.1 Å². The maximum Gasteiger partial charge on any atom is 0.238 e. The van der Waals surface area contributed by atoms with Crippen molar-refractivity contribution in [1.82, 2.24) is 14.5 Å². The van der Waals surface area contributed by atoms with Gasteiger partial charge in [0.2, 0.25) is 15.9 Å². The minimum absolute atomic E-state index is 0.0268. The fraction of sp³-hybridized carbons (Fsp3) is 0.618. The van der Waals surface area contributed by atoms with E-state index in [2.05, 4.69) is 63.3 Å². The number of carbonyl (C=O) groups excluding carboxylic acids is 1. The van der Waals surface area contributed by atoms with Gasteiger partial charge in [-0.25, -0.2) is 8.42 Å². The molecule has 1 saturated heterocycles. The standard InChI is InChI=1S/C34H48ClN3O3S/c1-23-30-19-28(34(30,2)3)20-31(23)36-33(39)32-14-15-42(40,41)38(32)22-26-10-6-8-24(16-26)12-13-27(21-37(4)5)17-25-9-7-11-29(35)18-25/h6-11,16,18,23,27-28,30-32H,12-15,17,19-22H2,1-5H3,(H,36,39)/t23-,27-,28-,30+,31-,32?/m0/s1. The summed E-state index contributed by atoms with van der Waals surface area (Å²) in [7, 11) is 0.720. The van der Waals surface area contributed by atoms with Crippen molar-refractivity contribution in [2.75, 3.05) is 26.4 Å². The number of hydrogen-bond acceptors (Lipinski definition) is 4. The Morgan fingerprint density at radius 1 is 1.10 bits per heavy atom. The summed E-state index contributed by atoms with van der Waals surface area (Å²) < 4.78 is 27.7. The quantitative estimate of drug-likeness (QED) is 0.349. The molecule has 4 fully saturated rings. The van der Waals surface area contributed by atoms with Gasteiger partial charge in [-0.1, -0.05) is 68.8 Å². The van der Waals surface area contributed by atoms with E-state index in [1.54, 1.807) is 0 Å². The van der Waals surface area contributed by atoms with E-state index in [1.807, 2.05) is 30.3 Å². The third kappa shape index (κ3) is 6.90. The molecule has 1 unspecified atom stereocenters. The molecule has 4 aliphatic rings. The number of aryl methyl sites for hydroxylation is 1. The first-order chi connectivity index (χ1) is 19.8. The Morgan fingerprint density at radius 2 is 1.81 bits per heavy atom. The predicted molar refractivity (Wildman–Crippen MR) is 171 cm³/mol. The number of nitrogens with zero attached hydrogens (tertiary/aromatic N) is 2. The summed E-state index contributed by atoms with van der Waals surface area (Å²) in [5.41, 5.74) is 3.72. The average molecular weight is 614 g/mol. The van der Waals surface area contributed by atoms with Gasteiger partial charge >= 0.3 is 0 Å². The topological polar surface area (TPSA) is 69.7 Å². The van der Waals surface area contributed by atoms with Crippen LogP contribution in [0.4, 0.5) is 0 Å². The maximum atomic E-state index is 13.5. The third-order valence-corrected chi connectivity index (χ3v) is 12.6. The molecule has 0 aromatic heterocycles. The number of benzene rings is 2. The van der Waals surface area contributed by atoms with Gasteiger partial charge in [-0.3, -0.25) is 4.79 Å². The summed E-state index contributed by atoms with van der Waals surface area (Å²) in [5, 5.41) is 4.05. The second-order valence-corrected chi connectivity index (χ2v) is 16.5. The number of rotatable bonds is 11. The molecule has 230 valence electrons. The lowest BCUT2D eigenvalue weighted by Gasteiger charge is -2.62. The molecule has 3 saturated carbocycles. The van der Waals surface area contributed by atoms with Crippen LogP contribution in [-0.2, 0) is 34.2 Å². The van der Waals surface area contributed by atoms with Crippen molar-refractivity contribution in [3.05, 3.63) is 70.2 Å². The molecular weight excluding hydrogens is 566 g/mol. The molecule has 3 aliphatic carbocycles. The van der Waals surface area contributed by atoms with Gasteiger partial charge in [0.25, 0.3) is 0 Å². The van der Waals surface area contributed by atoms with E-state index in [9.17, 15) is 13.2 Å². The van der Waals surface area contributed by atoms with Gasteiger partial charge in [-0.05, 0) is 111 Å². The number of amides is 1. The Labute approximate surface area is 258 Å². The Hall–Kier alpha value is -1.93. The van der Waals surface area contributed by atoms with Crippen molar-refractivity contribution in [3.63, 3.8) is 0 Å². The van der Waals surface area contributed by atoms with Gasteiger partial charge < -0.3 is 10.2 Å². The minimum Gasteiger partial charge on any atom is -0.352 e. The zero-order valence-electron chi connectivity index (χ0n) is 25.9. The average Bonchev–Trinajstić information content (AvgIpc) is 3.21. The van der Waals surface area contributed by atoms with Gasteiger partial charge in [0.05, 0.1) is 5.75 Å². The lowest BCUT2D eigenvalue weighted by molar-refractivity contribution is -0.136. The molecular formula is C34H48ClN3O3S. The van der Waals surface area contributed by atoms with Crippen molar-refractivity contribution in [2.45, 2.75) is 77.9 Å². The van der Waals surface area contributed by atoms with Crippen LogP contribution in [0.3, 0.4) is 0 Å². The van der Waals surface area contributed by atoms with E-state index in [0.717, 1.165) is 42.8 Å². The van der Waals surface area contributed by atoms with Crippen LogP contribution in [0.5, 0.6) is 0 Å². The number of sulfonamides is 1. The highest BCUT2D eigenvalue weighted by Gasteiger charge is 2.56. The zero-order valence-corrected chi connectivity index (χ0v) is 27.4. The van der Waals surface area contributed by atoms with E-state index in [4.69, 9.17) is 11.6 Å². The molecule has 1 amide bonds. The molecule has 0 spiro atoms. The first-order valence-electron chi connectivity index (χ1n) is 15.6. The van der Waals surface area contributed by atoms with Crippen LogP contribution in [0.2, 0.25) is 5.02 Å². The van der Waals surface area contributed by atoms with Gasteiger partial charge in [0.1, 0.15) is 6.04 Å². The Balaban J connectivity index is 1.22. The van der Waals surface area contributed by atoms with Crippen molar-refractivity contribution in [3.8, 4) is 0 Å². The molecule has 2 aromatic carbocycles. The Bertz CT molecular complexity index is 1380. The van der Waals surface area contributed by atoms with Crippen LogP contribution in [0.25, 0.3) is 0 Å². The number of nitrogens with one attached hydrogen (secondary N) is 1. The maximum absolute atomic E-state index is 13.5. The molecule has 6 atom stereocenters. The van der Waals surface area contributed by atoms with E-state index in [-0.39, 0.29) is 24.2 Å². The summed E-state index contributed by atoms with van der Waals surface area (Å²) in [5.74, 6) is 2.03. The molecule has 1 heterocycles. The molecule has 1 N–H and O–H groups in total. The molecule has 8 heteroatoms. The fourth-order valence-corrected chi connectivity index (χ4v) is 9.91. The summed E-state index contributed by atoms with van der Waals surface area (Å²) in [6, 6.07) is 15.8. The van der Waals surface area contributed by atoms with Gasteiger partial charge in [0.15, 0.2) is 0 Å². The Morgan fingerprint density at radius 3 is 2.50 bits per heavy atom. The van der Waals surface area contributed by atoms with E-state index in [1.165, 1.54) is 21.9 Å². The molecule has 6 nitrogen and oxygen atoms in total. The van der Waals surface area contributed by atoms with E-state index >= 15 is 0 Å². The van der Waals surface area contributed by atoms with Gasteiger partial charge in [-0.15, -0.1) is 0 Å². The van der Waals surface area contributed by atoms with Crippen molar-refractivity contribution >= 4 is 27.5 Å². The lowest BCUT2D eigenvalue weighted by atomic mass is 9.45. The predicted octanol–water partition coefficient (Wildman–Crippen LogP) is 5.78. The molecule has 0 radical (unpaired) electrons. The highest BCUT2D eigenvalue weighted by Crippen LogP contribution is 2.61. The van der Waals surface area contributed by atoms with Crippen molar-refractivity contribution in [1.29, 1.82) is 0 Å². The molecule has 1 aliphatic heterocycles.